The van der Waals surface area contributed by atoms with E-state index in [1.165, 1.54) is 12.8 Å². The minimum atomic E-state index is 0.395. The first-order valence-corrected chi connectivity index (χ1v) is 5.80. The van der Waals surface area contributed by atoms with Gasteiger partial charge in [0, 0.05) is 0 Å². The van der Waals surface area contributed by atoms with Crippen molar-refractivity contribution >= 4 is 0 Å². The summed E-state index contributed by atoms with van der Waals surface area (Å²) in [7, 11) is 0. The predicted octanol–water partition coefficient (Wildman–Crippen LogP) is 2.96. The summed E-state index contributed by atoms with van der Waals surface area (Å²) in [4.78, 5) is 0. The van der Waals surface area contributed by atoms with Gasteiger partial charge in [-0.3, -0.25) is 0 Å². The van der Waals surface area contributed by atoms with Crippen molar-refractivity contribution in [2.75, 3.05) is 6.54 Å². The summed E-state index contributed by atoms with van der Waals surface area (Å²) in [5, 5.41) is 0. The lowest BCUT2D eigenvalue weighted by Gasteiger charge is -2.58. The Morgan fingerprint density at radius 2 is 2.00 bits per heavy atom. The zero-order valence-corrected chi connectivity index (χ0v) is 9.93. The molecule has 0 spiro atoms. The minimum absolute atomic E-state index is 0.395. The lowest BCUT2D eigenvalue weighted by molar-refractivity contribution is -0.00529. The topological polar surface area (TPSA) is 26.0 Å². The molecule has 0 amide bonds. The molecule has 0 aromatic carbocycles. The van der Waals surface area contributed by atoms with Crippen LogP contribution in [-0.2, 0) is 0 Å². The molecule has 2 bridgehead atoms. The molecule has 1 heteroatoms. The maximum Gasteiger partial charge on any atom is -0.00429 e. The van der Waals surface area contributed by atoms with Crippen LogP contribution in [0.2, 0.25) is 0 Å². The largest absolute Gasteiger partial charge is 0.330 e. The Hall–Kier alpha value is -0.300. The van der Waals surface area contributed by atoms with Crippen LogP contribution >= 0.6 is 0 Å². The summed E-state index contributed by atoms with van der Waals surface area (Å²) in [5.41, 5.74) is 8.31. The molecule has 0 heterocycles. The molecule has 0 radical (unpaired) electrons. The number of allylic oxidation sites excluding steroid dienone is 2. The highest BCUT2D eigenvalue weighted by atomic mass is 14.6. The average molecular weight is 193 g/mol. The summed E-state index contributed by atoms with van der Waals surface area (Å²) in [6.45, 7) is 10.4. The van der Waals surface area contributed by atoms with E-state index < -0.39 is 0 Å². The first-order valence-electron chi connectivity index (χ1n) is 5.80. The third kappa shape index (κ3) is 1.11. The van der Waals surface area contributed by atoms with Crippen molar-refractivity contribution in [3.05, 3.63) is 11.6 Å². The van der Waals surface area contributed by atoms with Crippen LogP contribution in [0.1, 0.15) is 40.5 Å². The van der Waals surface area contributed by atoms with Crippen LogP contribution < -0.4 is 5.73 Å². The maximum absolute atomic E-state index is 5.85. The molecule has 3 aliphatic carbocycles. The molecule has 3 rings (SSSR count). The Labute approximate surface area is 87.8 Å². The Morgan fingerprint density at radius 1 is 1.36 bits per heavy atom. The summed E-state index contributed by atoms with van der Waals surface area (Å²) in [5.74, 6) is 1.48. The summed E-state index contributed by atoms with van der Waals surface area (Å²) >= 11 is 0. The van der Waals surface area contributed by atoms with Crippen molar-refractivity contribution in [1.82, 2.24) is 0 Å². The van der Waals surface area contributed by atoms with Gasteiger partial charge < -0.3 is 5.73 Å². The zero-order valence-electron chi connectivity index (χ0n) is 9.93. The van der Waals surface area contributed by atoms with E-state index in [-0.39, 0.29) is 0 Å². The molecule has 1 saturated carbocycles. The van der Waals surface area contributed by atoms with Crippen LogP contribution in [0.25, 0.3) is 0 Å². The van der Waals surface area contributed by atoms with E-state index in [4.69, 9.17) is 5.73 Å². The third-order valence-corrected chi connectivity index (χ3v) is 5.15. The molecular formula is C13H23N. The molecule has 3 aliphatic rings. The van der Waals surface area contributed by atoms with Crippen molar-refractivity contribution in [2.45, 2.75) is 40.5 Å². The quantitative estimate of drug-likeness (QED) is 0.637. The summed E-state index contributed by atoms with van der Waals surface area (Å²) in [6, 6.07) is 0. The SMILES string of the molecule is CC1=CC2CC(C)(C)C1(C)CC2CN. The van der Waals surface area contributed by atoms with Crippen molar-refractivity contribution in [3.63, 3.8) is 0 Å². The number of nitrogens with two attached hydrogens (primary N) is 1. The fourth-order valence-electron chi connectivity index (χ4n) is 3.59. The second kappa shape index (κ2) is 2.85. The molecule has 3 unspecified atom stereocenters. The van der Waals surface area contributed by atoms with Gasteiger partial charge in [-0.1, -0.05) is 32.4 Å². The highest BCUT2D eigenvalue weighted by Gasteiger charge is 2.52. The molecule has 80 valence electrons. The molecule has 14 heavy (non-hydrogen) atoms. The van der Waals surface area contributed by atoms with Gasteiger partial charge in [0.1, 0.15) is 0 Å². The Morgan fingerprint density at radius 3 is 2.50 bits per heavy atom. The van der Waals surface area contributed by atoms with Crippen LogP contribution in [-0.4, -0.2) is 6.54 Å². The third-order valence-electron chi connectivity index (χ3n) is 5.15. The highest BCUT2D eigenvalue weighted by molar-refractivity contribution is 5.26. The molecule has 0 aromatic rings. The fourth-order valence-corrected chi connectivity index (χ4v) is 3.59. The molecule has 0 saturated heterocycles. The number of fused-ring (bicyclic) bond motifs is 2. The van der Waals surface area contributed by atoms with Gasteiger partial charge in [0.25, 0.3) is 0 Å². The van der Waals surface area contributed by atoms with Gasteiger partial charge in [-0.15, -0.1) is 0 Å². The van der Waals surface area contributed by atoms with Crippen molar-refractivity contribution in [3.8, 4) is 0 Å². The van der Waals surface area contributed by atoms with Crippen molar-refractivity contribution in [1.29, 1.82) is 0 Å². The van der Waals surface area contributed by atoms with E-state index in [0.717, 1.165) is 18.4 Å². The maximum atomic E-state index is 5.85. The van der Waals surface area contributed by atoms with Crippen molar-refractivity contribution < 1.29 is 0 Å². The number of rotatable bonds is 1. The van der Waals surface area contributed by atoms with Crippen LogP contribution in [0.5, 0.6) is 0 Å². The molecule has 0 aromatic heterocycles. The van der Waals surface area contributed by atoms with Crippen LogP contribution in [0.15, 0.2) is 11.6 Å². The first-order chi connectivity index (χ1) is 6.40. The smallest absolute Gasteiger partial charge is 0.00429 e. The summed E-state index contributed by atoms with van der Waals surface area (Å²) in [6.07, 6.45) is 5.11. The summed E-state index contributed by atoms with van der Waals surface area (Å²) < 4.78 is 0. The lowest BCUT2D eigenvalue weighted by Crippen LogP contribution is -2.50. The van der Waals surface area contributed by atoms with Crippen LogP contribution in [0.3, 0.4) is 0 Å². The normalized spacial score (nSPS) is 45.1. The monoisotopic (exact) mass is 193 g/mol. The second-order valence-corrected chi connectivity index (χ2v) is 6.13. The number of hydrogen-bond donors (Lipinski definition) is 1. The second-order valence-electron chi connectivity index (χ2n) is 6.13. The van der Waals surface area contributed by atoms with Gasteiger partial charge >= 0.3 is 0 Å². The van der Waals surface area contributed by atoms with Gasteiger partial charge in [0.15, 0.2) is 0 Å². The standard InChI is InChI=1S/C13H23N/c1-9-5-10-6-12(2,3)13(9,4)7-11(10)8-14/h5,10-11H,6-8,14H2,1-4H3. The molecule has 1 nitrogen and oxygen atoms in total. The number of hydrogen-bond acceptors (Lipinski definition) is 1. The molecule has 1 fully saturated rings. The Bertz CT molecular complexity index is 277. The van der Waals surface area contributed by atoms with E-state index in [9.17, 15) is 0 Å². The molecule has 0 aliphatic heterocycles. The van der Waals surface area contributed by atoms with E-state index >= 15 is 0 Å². The van der Waals surface area contributed by atoms with E-state index in [0.29, 0.717) is 10.8 Å². The molecule has 2 N–H and O–H groups in total. The Balaban J connectivity index is 2.41. The highest BCUT2D eigenvalue weighted by Crippen LogP contribution is 2.61. The van der Waals surface area contributed by atoms with Gasteiger partial charge in [-0.25, -0.2) is 0 Å². The Kier molecular flexibility index (Phi) is 2.08. The van der Waals surface area contributed by atoms with Gasteiger partial charge in [0.2, 0.25) is 0 Å². The van der Waals surface area contributed by atoms with E-state index in [2.05, 4.69) is 33.8 Å². The van der Waals surface area contributed by atoms with Crippen LogP contribution in [0, 0.1) is 22.7 Å². The lowest BCUT2D eigenvalue weighted by atomic mass is 9.47. The zero-order chi connectivity index (χ0) is 10.6. The van der Waals surface area contributed by atoms with Gasteiger partial charge in [-0.05, 0) is 49.0 Å². The molecular weight excluding hydrogens is 170 g/mol. The van der Waals surface area contributed by atoms with Crippen LogP contribution in [0.4, 0.5) is 0 Å². The van der Waals surface area contributed by atoms with E-state index in [1.807, 2.05) is 0 Å². The first kappa shape index (κ1) is 10.2. The minimum Gasteiger partial charge on any atom is -0.330 e. The average Bonchev–Trinajstić information content (AvgIpc) is 2.08. The van der Waals surface area contributed by atoms with E-state index in [1.54, 1.807) is 5.57 Å². The van der Waals surface area contributed by atoms with Crippen molar-refractivity contribution in [2.24, 2.45) is 28.4 Å². The predicted molar refractivity (Wildman–Crippen MR) is 60.9 cm³/mol. The van der Waals surface area contributed by atoms with Gasteiger partial charge in [0.05, 0.1) is 0 Å². The fraction of sp³-hybridized carbons (Fsp3) is 0.846. The molecule has 3 atom stereocenters. The van der Waals surface area contributed by atoms with Gasteiger partial charge in [-0.2, -0.15) is 0 Å².